The maximum Gasteiger partial charge on any atom is 0.303 e. The van der Waals surface area contributed by atoms with Gasteiger partial charge in [-0.05, 0) is 53.6 Å². The van der Waals surface area contributed by atoms with Crippen LogP contribution in [0.2, 0.25) is 0 Å². The summed E-state index contributed by atoms with van der Waals surface area (Å²) in [5, 5.41) is 8.85. The highest BCUT2D eigenvalue weighted by molar-refractivity contribution is 14.1. The first kappa shape index (κ1) is 12.2. The van der Waals surface area contributed by atoms with Gasteiger partial charge in [0.1, 0.15) is 0 Å². The van der Waals surface area contributed by atoms with E-state index in [0.29, 0.717) is 22.0 Å². The molecule has 0 aliphatic heterocycles. The van der Waals surface area contributed by atoms with Crippen LogP contribution in [0.1, 0.15) is 42.0 Å². The Hall–Kier alpha value is -2.15. The number of halogens is 1. The Balaban J connectivity index is 2.24. The van der Waals surface area contributed by atoms with Gasteiger partial charge in [-0.3, -0.25) is 9.59 Å². The second kappa shape index (κ2) is 7.82. The number of aliphatic carboxylic acids is 1. The Morgan fingerprint density at radius 1 is 1.12 bits per heavy atom. The molecule has 0 spiro atoms. The van der Waals surface area contributed by atoms with Crippen LogP contribution in [0.4, 0.5) is 0 Å². The molecule has 1 N–H and O–H groups in total. The minimum atomic E-state index is -0.935. The number of hydrogen-bond donors (Lipinski definition) is 1. The van der Waals surface area contributed by atoms with E-state index < -0.39 is 23.8 Å². The predicted octanol–water partition coefficient (Wildman–Crippen LogP) is 4.73. The van der Waals surface area contributed by atoms with Crippen LogP contribution < -0.4 is 0 Å². The minimum absolute atomic E-state index is 0.0221. The lowest BCUT2D eigenvalue weighted by Gasteiger charge is -2.04. The normalized spacial score (nSPS) is 13.7. The first-order valence-electron chi connectivity index (χ1n) is 10.3. The second-order valence-corrected chi connectivity index (χ2v) is 6.68. The fraction of sp³-hybridized carbons (Fsp3) is 0.200. The van der Waals surface area contributed by atoms with Crippen molar-refractivity contribution in [3.8, 4) is 0 Å². The van der Waals surface area contributed by atoms with E-state index in [9.17, 15) is 9.59 Å². The number of aryl methyl sites for hydroxylation is 1. The lowest BCUT2D eigenvalue weighted by atomic mass is 10.0. The zero-order valence-corrected chi connectivity index (χ0v) is 15.4. The number of carboxylic acids is 1. The van der Waals surface area contributed by atoms with Crippen molar-refractivity contribution in [1.29, 1.82) is 0 Å². The van der Waals surface area contributed by atoms with Crippen LogP contribution in [-0.2, 0) is 11.3 Å². The number of nitrogens with zero attached hydrogens (tertiary/aromatic N) is 1. The van der Waals surface area contributed by atoms with Crippen molar-refractivity contribution in [1.82, 2.24) is 4.57 Å². The average molecular weight is 452 g/mol. The third kappa shape index (κ3) is 3.92. The highest BCUT2D eigenvalue weighted by atomic mass is 127. The van der Waals surface area contributed by atoms with Crippen LogP contribution in [0.25, 0.3) is 10.9 Å². The summed E-state index contributed by atoms with van der Waals surface area (Å²) in [6.07, 6.45) is 0.497. The van der Waals surface area contributed by atoms with Crippen molar-refractivity contribution in [2.24, 2.45) is 0 Å². The molecular formula is C20H18INO3. The van der Waals surface area contributed by atoms with E-state index in [2.05, 4.69) is 0 Å². The van der Waals surface area contributed by atoms with Gasteiger partial charge in [0.05, 0.1) is 6.85 Å². The van der Waals surface area contributed by atoms with Crippen molar-refractivity contribution >= 4 is 45.2 Å². The Bertz CT molecular complexity index is 1180. The van der Waals surface area contributed by atoms with Crippen molar-refractivity contribution in [2.75, 3.05) is 0 Å². The summed E-state index contributed by atoms with van der Waals surface area (Å²) < 4.78 is 43.3. The van der Waals surface area contributed by atoms with Gasteiger partial charge >= 0.3 is 5.97 Å². The molecule has 0 amide bonds. The molecule has 4 nitrogen and oxygen atoms in total. The van der Waals surface area contributed by atoms with Crippen molar-refractivity contribution in [2.45, 2.75) is 25.8 Å². The topological polar surface area (TPSA) is 59.3 Å². The summed E-state index contributed by atoms with van der Waals surface area (Å²) in [5.74, 6) is -1.42. The van der Waals surface area contributed by atoms with Gasteiger partial charge in [0, 0.05) is 44.7 Å². The van der Waals surface area contributed by atoms with Gasteiger partial charge in [-0.2, -0.15) is 0 Å². The Morgan fingerprint density at radius 3 is 2.64 bits per heavy atom. The SMILES string of the molecule is [2H]c1c([2H])c([2H])c2c(c1[2H])c(C(=O)c1ccccc1I)c([2H])n2CCCCC(=O)O. The summed E-state index contributed by atoms with van der Waals surface area (Å²) >= 11 is 2.01. The minimum Gasteiger partial charge on any atom is -0.481 e. The van der Waals surface area contributed by atoms with Gasteiger partial charge in [0.25, 0.3) is 0 Å². The number of carboxylic acid groups (broad SMARTS) is 1. The zero-order chi connectivity index (χ0) is 22.2. The molecular weight excluding hydrogens is 429 g/mol. The van der Waals surface area contributed by atoms with Gasteiger partial charge in [-0.1, -0.05) is 30.3 Å². The van der Waals surface area contributed by atoms with E-state index in [1.807, 2.05) is 22.6 Å². The van der Waals surface area contributed by atoms with Crippen LogP contribution in [0, 0.1) is 3.57 Å². The molecule has 0 fully saturated rings. The maximum atomic E-state index is 13.3. The number of carbonyl (C=O) groups excluding carboxylic acids is 1. The highest BCUT2D eigenvalue weighted by Gasteiger charge is 2.18. The molecule has 0 aliphatic rings. The van der Waals surface area contributed by atoms with Gasteiger partial charge in [0.15, 0.2) is 5.78 Å². The van der Waals surface area contributed by atoms with Crippen LogP contribution in [0.3, 0.4) is 0 Å². The summed E-state index contributed by atoms with van der Waals surface area (Å²) in [4.78, 5) is 24.1. The van der Waals surface area contributed by atoms with Crippen LogP contribution in [0.5, 0.6) is 0 Å². The molecule has 0 radical (unpaired) electrons. The number of rotatable bonds is 7. The van der Waals surface area contributed by atoms with Gasteiger partial charge in [-0.15, -0.1) is 0 Å². The number of fused-ring (bicyclic) bond motifs is 1. The van der Waals surface area contributed by atoms with E-state index in [-0.39, 0.29) is 47.7 Å². The smallest absolute Gasteiger partial charge is 0.303 e. The second-order valence-electron chi connectivity index (χ2n) is 5.52. The number of para-hydroxylation sites is 1. The lowest BCUT2D eigenvalue weighted by molar-refractivity contribution is -0.137. The molecule has 0 bridgehead atoms. The fourth-order valence-electron chi connectivity index (χ4n) is 2.59. The van der Waals surface area contributed by atoms with E-state index in [1.54, 1.807) is 24.3 Å². The number of aromatic nitrogens is 1. The molecule has 25 heavy (non-hydrogen) atoms. The van der Waals surface area contributed by atoms with Crippen LogP contribution in [0.15, 0.2) is 54.6 Å². The van der Waals surface area contributed by atoms with E-state index in [4.69, 9.17) is 12.0 Å². The number of benzene rings is 2. The van der Waals surface area contributed by atoms with Crippen LogP contribution in [-0.4, -0.2) is 21.4 Å². The predicted molar refractivity (Wildman–Crippen MR) is 106 cm³/mol. The number of hydrogen-bond acceptors (Lipinski definition) is 2. The molecule has 2 aromatic carbocycles. The summed E-state index contributed by atoms with van der Waals surface area (Å²) in [7, 11) is 0. The molecule has 5 heteroatoms. The molecule has 3 rings (SSSR count). The summed E-state index contributed by atoms with van der Waals surface area (Å²) in [5.41, 5.74) is 0.374. The van der Waals surface area contributed by atoms with Gasteiger partial charge < -0.3 is 9.67 Å². The first-order valence-corrected chi connectivity index (χ1v) is 8.84. The van der Waals surface area contributed by atoms with Crippen molar-refractivity contribution < 1.29 is 21.5 Å². The Kier molecular flexibility index (Phi) is 3.83. The quantitative estimate of drug-likeness (QED) is 0.320. The van der Waals surface area contributed by atoms with Crippen LogP contribution >= 0.6 is 22.6 Å². The lowest BCUT2D eigenvalue weighted by Crippen LogP contribution is -2.03. The third-order valence-electron chi connectivity index (χ3n) is 3.80. The average Bonchev–Trinajstić information content (AvgIpc) is 3.00. The summed E-state index contributed by atoms with van der Waals surface area (Å²) in [6.45, 7) is 0.171. The van der Waals surface area contributed by atoms with Crippen molar-refractivity contribution in [3.63, 3.8) is 0 Å². The maximum absolute atomic E-state index is 13.3. The molecule has 1 aromatic heterocycles. The van der Waals surface area contributed by atoms with E-state index in [0.717, 1.165) is 0 Å². The zero-order valence-electron chi connectivity index (χ0n) is 18.2. The van der Waals surface area contributed by atoms with Crippen molar-refractivity contribution in [3.05, 3.63) is 69.3 Å². The molecule has 0 saturated carbocycles. The molecule has 0 atom stereocenters. The standard InChI is InChI=1S/C20H18INO3/c21-17-9-3-1-8-15(17)20(25)16-13-22(12-6-5-11-19(23)24)18-10-4-2-7-14(16)18/h1-4,7-10,13H,5-6,11-12H2,(H,23,24)/i2D,4D,7D,10D,13D. The third-order valence-corrected chi connectivity index (χ3v) is 4.74. The van der Waals surface area contributed by atoms with E-state index in [1.165, 1.54) is 4.57 Å². The monoisotopic (exact) mass is 452 g/mol. The fourth-order valence-corrected chi connectivity index (χ4v) is 3.23. The molecule has 0 saturated heterocycles. The number of ketones is 1. The molecule has 128 valence electrons. The Morgan fingerprint density at radius 2 is 1.88 bits per heavy atom. The largest absolute Gasteiger partial charge is 0.481 e. The molecule has 1 heterocycles. The molecule has 3 aromatic rings. The Labute approximate surface area is 166 Å². The highest BCUT2D eigenvalue weighted by Crippen LogP contribution is 2.26. The first-order chi connectivity index (χ1) is 14.2. The van der Waals surface area contributed by atoms with E-state index >= 15 is 0 Å². The number of unbranched alkanes of at least 4 members (excludes halogenated alkanes) is 1. The van der Waals surface area contributed by atoms with Gasteiger partial charge in [-0.25, -0.2) is 0 Å². The molecule has 0 unspecified atom stereocenters. The molecule has 0 aliphatic carbocycles. The van der Waals surface area contributed by atoms with Gasteiger partial charge in [0.2, 0.25) is 0 Å². The summed E-state index contributed by atoms with van der Waals surface area (Å²) in [6, 6.07) is 5.25. The number of carbonyl (C=O) groups is 2.